The van der Waals surface area contributed by atoms with Crippen molar-refractivity contribution in [2.45, 2.75) is 57.3 Å². The standard InChI is InChI=1S/C26H35N3O2/c30-24(17-21-7-3-1-4-8-21)29-19-23(25-27-13-16-31-25)26(20-29)11-14-28(15-12-26)18-22-9-5-2-6-10-22/h1,3-4,7-8,13,16,22-23H,2,5-6,9-12,14-15,17-20H2. The molecule has 3 fully saturated rings. The molecule has 2 aliphatic heterocycles. The van der Waals surface area contributed by atoms with Crippen LogP contribution >= 0.6 is 0 Å². The third-order valence-corrected chi connectivity index (χ3v) is 8.04. The van der Waals surface area contributed by atoms with Crippen molar-refractivity contribution in [3.05, 3.63) is 54.2 Å². The summed E-state index contributed by atoms with van der Waals surface area (Å²) in [6.45, 7) is 5.09. The Hall–Kier alpha value is -2.14. The molecule has 1 aromatic heterocycles. The minimum atomic E-state index is 0.0975. The fourth-order valence-electron chi connectivity index (χ4n) is 6.21. The molecule has 1 unspecified atom stereocenters. The number of hydrogen-bond donors (Lipinski definition) is 0. The lowest BCUT2D eigenvalue weighted by molar-refractivity contribution is -0.130. The molecule has 3 heterocycles. The van der Waals surface area contributed by atoms with Crippen LogP contribution in [-0.4, -0.2) is 53.4 Å². The number of piperidine rings is 1. The number of oxazole rings is 1. The third-order valence-electron chi connectivity index (χ3n) is 8.04. The van der Waals surface area contributed by atoms with Gasteiger partial charge in [-0.2, -0.15) is 0 Å². The number of carbonyl (C=O) groups excluding carboxylic acids is 1. The molecule has 5 nitrogen and oxygen atoms in total. The van der Waals surface area contributed by atoms with E-state index in [0.717, 1.165) is 56.4 Å². The smallest absolute Gasteiger partial charge is 0.227 e. The molecule has 166 valence electrons. The summed E-state index contributed by atoms with van der Waals surface area (Å²) in [5, 5.41) is 0. The molecule has 1 spiro atoms. The quantitative estimate of drug-likeness (QED) is 0.713. The maximum absolute atomic E-state index is 13.1. The molecule has 1 saturated carbocycles. The second-order valence-corrected chi connectivity index (χ2v) is 10.0. The molecule has 31 heavy (non-hydrogen) atoms. The largest absolute Gasteiger partial charge is 0.449 e. The topological polar surface area (TPSA) is 49.6 Å². The number of amides is 1. The van der Waals surface area contributed by atoms with E-state index >= 15 is 0 Å². The van der Waals surface area contributed by atoms with Gasteiger partial charge in [0.2, 0.25) is 5.91 Å². The Bertz CT molecular complexity index is 837. The van der Waals surface area contributed by atoms with E-state index in [0.29, 0.717) is 6.42 Å². The van der Waals surface area contributed by atoms with Crippen molar-refractivity contribution in [2.24, 2.45) is 11.3 Å². The molecule has 0 bridgehead atoms. The van der Waals surface area contributed by atoms with Gasteiger partial charge in [-0.05, 0) is 50.3 Å². The van der Waals surface area contributed by atoms with E-state index in [1.807, 2.05) is 30.3 Å². The zero-order chi connectivity index (χ0) is 21.1. The maximum Gasteiger partial charge on any atom is 0.227 e. The van der Waals surface area contributed by atoms with Gasteiger partial charge in [-0.3, -0.25) is 4.79 Å². The van der Waals surface area contributed by atoms with Gasteiger partial charge in [0.05, 0.1) is 18.5 Å². The first kappa shape index (κ1) is 20.7. The SMILES string of the molecule is O=C(Cc1ccccc1)N1CC(c2ncco2)C2(CCN(CC3CCCCC3)CC2)C1. The summed E-state index contributed by atoms with van der Waals surface area (Å²) in [4.78, 5) is 22.4. The van der Waals surface area contributed by atoms with Crippen molar-refractivity contribution in [1.82, 2.24) is 14.8 Å². The van der Waals surface area contributed by atoms with Crippen LogP contribution in [0.25, 0.3) is 0 Å². The molecular weight excluding hydrogens is 386 g/mol. The van der Waals surface area contributed by atoms with Crippen LogP contribution in [0.3, 0.4) is 0 Å². The molecule has 1 aromatic carbocycles. The highest BCUT2D eigenvalue weighted by Gasteiger charge is 2.51. The van der Waals surface area contributed by atoms with E-state index in [9.17, 15) is 4.79 Å². The molecule has 1 aliphatic carbocycles. The Morgan fingerprint density at radius 2 is 1.87 bits per heavy atom. The summed E-state index contributed by atoms with van der Waals surface area (Å²) in [6, 6.07) is 10.1. The van der Waals surface area contributed by atoms with Crippen molar-refractivity contribution >= 4 is 5.91 Å². The van der Waals surface area contributed by atoms with Crippen molar-refractivity contribution in [3.63, 3.8) is 0 Å². The Morgan fingerprint density at radius 3 is 2.58 bits per heavy atom. The molecular formula is C26H35N3O2. The first-order chi connectivity index (χ1) is 15.2. The molecule has 2 aromatic rings. The fraction of sp³-hybridized carbons (Fsp3) is 0.615. The van der Waals surface area contributed by atoms with Crippen LogP contribution in [0.5, 0.6) is 0 Å². The van der Waals surface area contributed by atoms with E-state index in [-0.39, 0.29) is 17.2 Å². The average molecular weight is 422 g/mol. The van der Waals surface area contributed by atoms with Gasteiger partial charge in [0, 0.05) is 25.0 Å². The van der Waals surface area contributed by atoms with Gasteiger partial charge >= 0.3 is 0 Å². The molecule has 5 heteroatoms. The van der Waals surface area contributed by atoms with Crippen molar-refractivity contribution < 1.29 is 9.21 Å². The Kier molecular flexibility index (Phi) is 6.13. The Balaban J connectivity index is 1.26. The van der Waals surface area contributed by atoms with Crippen LogP contribution in [-0.2, 0) is 11.2 Å². The van der Waals surface area contributed by atoms with Crippen molar-refractivity contribution in [2.75, 3.05) is 32.7 Å². The summed E-state index contributed by atoms with van der Waals surface area (Å²) in [6.07, 6.45) is 13.2. The van der Waals surface area contributed by atoms with E-state index in [2.05, 4.69) is 14.8 Å². The molecule has 5 rings (SSSR count). The van der Waals surface area contributed by atoms with Crippen LogP contribution in [0, 0.1) is 11.3 Å². The summed E-state index contributed by atoms with van der Waals surface area (Å²) in [5.74, 6) is 2.14. The van der Waals surface area contributed by atoms with E-state index < -0.39 is 0 Å². The van der Waals surface area contributed by atoms with Gasteiger partial charge in [-0.1, -0.05) is 49.6 Å². The highest BCUT2D eigenvalue weighted by atomic mass is 16.3. The van der Waals surface area contributed by atoms with Gasteiger partial charge in [0.15, 0.2) is 5.89 Å². The second kappa shape index (κ2) is 9.15. The van der Waals surface area contributed by atoms with E-state index in [4.69, 9.17) is 4.42 Å². The summed E-state index contributed by atoms with van der Waals surface area (Å²) < 4.78 is 5.78. The lowest BCUT2D eigenvalue weighted by Crippen LogP contribution is -2.45. The number of hydrogen-bond acceptors (Lipinski definition) is 4. The number of likely N-dealkylation sites (tertiary alicyclic amines) is 2. The molecule has 3 aliphatic rings. The van der Waals surface area contributed by atoms with Gasteiger partial charge in [-0.15, -0.1) is 0 Å². The zero-order valence-corrected chi connectivity index (χ0v) is 18.5. The van der Waals surface area contributed by atoms with Crippen LogP contribution in [0.2, 0.25) is 0 Å². The number of nitrogens with zero attached hydrogens (tertiary/aromatic N) is 3. The monoisotopic (exact) mass is 421 g/mol. The highest BCUT2D eigenvalue weighted by Crippen LogP contribution is 2.49. The minimum Gasteiger partial charge on any atom is -0.449 e. The zero-order valence-electron chi connectivity index (χ0n) is 18.5. The van der Waals surface area contributed by atoms with Gasteiger partial charge in [-0.25, -0.2) is 4.98 Å². The van der Waals surface area contributed by atoms with Crippen LogP contribution in [0.1, 0.15) is 62.3 Å². The first-order valence-corrected chi connectivity index (χ1v) is 12.2. The highest BCUT2D eigenvalue weighted by molar-refractivity contribution is 5.79. The van der Waals surface area contributed by atoms with Crippen LogP contribution in [0.15, 0.2) is 47.2 Å². The molecule has 1 amide bonds. The lowest BCUT2D eigenvalue weighted by atomic mass is 9.70. The number of carbonyl (C=O) groups is 1. The first-order valence-electron chi connectivity index (χ1n) is 12.2. The Morgan fingerprint density at radius 1 is 1.10 bits per heavy atom. The Labute approximate surface area is 185 Å². The number of aromatic nitrogens is 1. The van der Waals surface area contributed by atoms with Crippen molar-refractivity contribution in [3.8, 4) is 0 Å². The predicted molar refractivity (Wildman–Crippen MR) is 121 cm³/mol. The molecule has 2 saturated heterocycles. The van der Waals surface area contributed by atoms with Crippen LogP contribution in [0.4, 0.5) is 0 Å². The number of benzene rings is 1. The normalized spacial score (nSPS) is 24.6. The molecule has 0 N–H and O–H groups in total. The molecule has 0 radical (unpaired) electrons. The second-order valence-electron chi connectivity index (χ2n) is 10.0. The molecule has 1 atom stereocenters. The minimum absolute atomic E-state index is 0.0975. The average Bonchev–Trinajstić information content (AvgIpc) is 3.45. The predicted octanol–water partition coefficient (Wildman–Crippen LogP) is 4.51. The maximum atomic E-state index is 13.1. The van der Waals surface area contributed by atoms with E-state index in [1.54, 1.807) is 12.5 Å². The van der Waals surface area contributed by atoms with Gasteiger partial charge in [0.25, 0.3) is 0 Å². The third kappa shape index (κ3) is 4.57. The van der Waals surface area contributed by atoms with Crippen molar-refractivity contribution in [1.29, 1.82) is 0 Å². The lowest BCUT2D eigenvalue weighted by Gasteiger charge is -2.43. The number of rotatable bonds is 5. The van der Waals surface area contributed by atoms with E-state index in [1.165, 1.54) is 38.6 Å². The summed E-state index contributed by atoms with van der Waals surface area (Å²) in [5.41, 5.74) is 1.18. The fourth-order valence-corrected chi connectivity index (χ4v) is 6.21. The summed E-state index contributed by atoms with van der Waals surface area (Å²) in [7, 11) is 0. The van der Waals surface area contributed by atoms with Gasteiger partial charge < -0.3 is 14.2 Å². The van der Waals surface area contributed by atoms with Gasteiger partial charge in [0.1, 0.15) is 6.26 Å². The van der Waals surface area contributed by atoms with Crippen LogP contribution < -0.4 is 0 Å². The summed E-state index contributed by atoms with van der Waals surface area (Å²) >= 11 is 0.